The molecule has 0 heterocycles. The van der Waals surface area contributed by atoms with Gasteiger partial charge in [0.1, 0.15) is 0 Å². The summed E-state index contributed by atoms with van der Waals surface area (Å²) < 4.78 is 2.75. The minimum atomic E-state index is 1.15. The zero-order valence-electron chi connectivity index (χ0n) is 7.32. The third-order valence-electron chi connectivity index (χ3n) is 2.00. The van der Waals surface area contributed by atoms with Crippen molar-refractivity contribution in [1.29, 1.82) is 0 Å². The molecule has 0 aliphatic carbocycles. The van der Waals surface area contributed by atoms with Crippen LogP contribution >= 0.6 is 45.2 Å². The minimum absolute atomic E-state index is 1.15. The summed E-state index contributed by atoms with van der Waals surface area (Å²) in [5.41, 5.74) is 3.00. The van der Waals surface area contributed by atoms with Crippen LogP contribution in [0.1, 0.15) is 25.0 Å². The third kappa shape index (κ3) is 2.34. The van der Waals surface area contributed by atoms with E-state index < -0.39 is 0 Å². The Morgan fingerprint density at radius 2 is 1.25 bits per heavy atom. The van der Waals surface area contributed by atoms with Crippen LogP contribution in [-0.4, -0.2) is 0 Å². The Hall–Kier alpha value is 0.680. The van der Waals surface area contributed by atoms with E-state index in [4.69, 9.17) is 0 Å². The number of rotatable bonds is 2. The number of hydrogen-bond donors (Lipinski definition) is 0. The second-order valence-corrected chi connectivity index (χ2v) is 5.07. The summed E-state index contributed by atoms with van der Waals surface area (Å²) in [5.74, 6) is 0. The highest BCUT2D eigenvalue weighted by molar-refractivity contribution is 14.1. The van der Waals surface area contributed by atoms with Gasteiger partial charge in [0.05, 0.1) is 0 Å². The van der Waals surface area contributed by atoms with Gasteiger partial charge in [-0.1, -0.05) is 13.8 Å². The van der Waals surface area contributed by atoms with Crippen molar-refractivity contribution in [2.45, 2.75) is 26.7 Å². The van der Waals surface area contributed by atoms with Gasteiger partial charge in [-0.3, -0.25) is 0 Å². The fourth-order valence-corrected chi connectivity index (χ4v) is 2.35. The first kappa shape index (κ1) is 10.8. The van der Waals surface area contributed by atoms with Crippen molar-refractivity contribution in [1.82, 2.24) is 0 Å². The van der Waals surface area contributed by atoms with Gasteiger partial charge in [0.25, 0.3) is 0 Å². The van der Waals surface area contributed by atoms with Crippen molar-refractivity contribution in [2.75, 3.05) is 0 Å². The zero-order chi connectivity index (χ0) is 9.14. The minimum Gasteiger partial charge on any atom is -0.0613 e. The van der Waals surface area contributed by atoms with E-state index in [2.05, 4.69) is 71.2 Å². The van der Waals surface area contributed by atoms with Gasteiger partial charge >= 0.3 is 0 Å². The van der Waals surface area contributed by atoms with Gasteiger partial charge in [0.15, 0.2) is 0 Å². The lowest BCUT2D eigenvalue weighted by Crippen LogP contribution is -1.94. The van der Waals surface area contributed by atoms with Crippen molar-refractivity contribution in [3.8, 4) is 0 Å². The first-order chi connectivity index (χ1) is 5.69. The molecule has 0 atom stereocenters. The van der Waals surface area contributed by atoms with E-state index in [-0.39, 0.29) is 0 Å². The molecule has 0 nitrogen and oxygen atoms in total. The lowest BCUT2D eigenvalue weighted by molar-refractivity contribution is 1.03. The van der Waals surface area contributed by atoms with Crippen LogP contribution in [0.5, 0.6) is 0 Å². The molecule has 0 saturated carbocycles. The highest BCUT2D eigenvalue weighted by Gasteiger charge is 2.03. The van der Waals surface area contributed by atoms with E-state index in [1.54, 1.807) is 0 Å². The van der Waals surface area contributed by atoms with E-state index in [1.807, 2.05) is 0 Å². The molecule has 0 fully saturated rings. The monoisotopic (exact) mass is 386 g/mol. The molecule has 0 saturated heterocycles. The molecule has 0 aliphatic heterocycles. The van der Waals surface area contributed by atoms with Crippen LogP contribution in [-0.2, 0) is 12.8 Å². The molecule has 1 aromatic rings. The Balaban J connectivity index is 3.19. The van der Waals surface area contributed by atoms with E-state index in [1.165, 1.54) is 18.3 Å². The molecule has 0 aliphatic rings. The highest BCUT2D eigenvalue weighted by atomic mass is 127. The van der Waals surface area contributed by atoms with Crippen LogP contribution in [0, 0.1) is 7.14 Å². The van der Waals surface area contributed by atoms with Crippen molar-refractivity contribution in [3.05, 3.63) is 30.4 Å². The molecule has 1 aromatic carbocycles. The zero-order valence-corrected chi connectivity index (χ0v) is 11.6. The van der Waals surface area contributed by atoms with Crippen LogP contribution < -0.4 is 0 Å². The van der Waals surface area contributed by atoms with E-state index in [0.717, 1.165) is 12.8 Å². The lowest BCUT2D eigenvalue weighted by Gasteiger charge is -2.07. The average Bonchev–Trinajstić information content (AvgIpc) is 2.09. The predicted octanol–water partition coefficient (Wildman–Crippen LogP) is 4.02. The van der Waals surface area contributed by atoms with Crippen molar-refractivity contribution < 1.29 is 0 Å². The first-order valence-electron chi connectivity index (χ1n) is 4.15. The Kier molecular flexibility index (Phi) is 4.29. The molecule has 0 amide bonds. The average molecular weight is 386 g/mol. The van der Waals surface area contributed by atoms with Gasteiger partial charge in [-0.2, -0.15) is 0 Å². The second kappa shape index (κ2) is 4.79. The summed E-state index contributed by atoms with van der Waals surface area (Å²) in [6, 6.07) is 4.61. The summed E-state index contributed by atoms with van der Waals surface area (Å²) in [7, 11) is 0. The van der Waals surface area contributed by atoms with Crippen molar-refractivity contribution >= 4 is 45.2 Å². The molecule has 0 radical (unpaired) electrons. The van der Waals surface area contributed by atoms with E-state index in [9.17, 15) is 0 Å². The summed E-state index contributed by atoms with van der Waals surface area (Å²) in [4.78, 5) is 0. The molecule has 0 N–H and O–H groups in total. The Bertz CT molecular complexity index is 250. The molecule has 12 heavy (non-hydrogen) atoms. The molecule has 0 bridgehead atoms. The van der Waals surface area contributed by atoms with Crippen LogP contribution in [0.25, 0.3) is 0 Å². The number of aryl methyl sites for hydroxylation is 2. The van der Waals surface area contributed by atoms with Crippen LogP contribution in [0.15, 0.2) is 12.1 Å². The summed E-state index contributed by atoms with van der Waals surface area (Å²) in [5, 5.41) is 0. The summed E-state index contributed by atoms with van der Waals surface area (Å²) >= 11 is 4.80. The number of benzene rings is 1. The molecular formula is C10H12I2. The Morgan fingerprint density at radius 1 is 0.917 bits per heavy atom. The smallest absolute Gasteiger partial charge is 0.0266 e. The topological polar surface area (TPSA) is 0 Å². The van der Waals surface area contributed by atoms with Gasteiger partial charge in [0, 0.05) is 7.14 Å². The maximum atomic E-state index is 2.40. The highest BCUT2D eigenvalue weighted by Crippen LogP contribution is 2.21. The van der Waals surface area contributed by atoms with Crippen LogP contribution in [0.4, 0.5) is 0 Å². The fourth-order valence-electron chi connectivity index (χ4n) is 1.29. The fraction of sp³-hybridized carbons (Fsp3) is 0.400. The summed E-state index contributed by atoms with van der Waals surface area (Å²) in [6.07, 6.45) is 2.30. The number of hydrogen-bond acceptors (Lipinski definition) is 0. The normalized spacial score (nSPS) is 10.3. The SMILES string of the molecule is CCc1cc(I)c(I)cc1CC. The molecule has 0 aromatic heterocycles. The molecule has 2 heteroatoms. The second-order valence-electron chi connectivity index (χ2n) is 2.74. The molecule has 0 unspecified atom stereocenters. The van der Waals surface area contributed by atoms with Gasteiger partial charge in [-0.25, -0.2) is 0 Å². The Labute approximate surface area is 101 Å². The molecule has 66 valence electrons. The van der Waals surface area contributed by atoms with Crippen LogP contribution in [0.2, 0.25) is 0 Å². The molecular weight excluding hydrogens is 374 g/mol. The summed E-state index contributed by atoms with van der Waals surface area (Å²) in [6.45, 7) is 4.44. The quantitative estimate of drug-likeness (QED) is 0.674. The van der Waals surface area contributed by atoms with Gasteiger partial charge in [0.2, 0.25) is 0 Å². The largest absolute Gasteiger partial charge is 0.0613 e. The standard InChI is InChI=1S/C10H12I2/c1-3-7-5-9(11)10(12)6-8(7)4-2/h5-6H,3-4H2,1-2H3. The molecule has 1 rings (SSSR count). The first-order valence-corrected chi connectivity index (χ1v) is 6.31. The van der Waals surface area contributed by atoms with E-state index >= 15 is 0 Å². The maximum Gasteiger partial charge on any atom is 0.0266 e. The van der Waals surface area contributed by atoms with Crippen molar-refractivity contribution in [3.63, 3.8) is 0 Å². The van der Waals surface area contributed by atoms with E-state index in [0.29, 0.717) is 0 Å². The van der Waals surface area contributed by atoms with Crippen molar-refractivity contribution in [2.24, 2.45) is 0 Å². The maximum absolute atomic E-state index is 2.40. The van der Waals surface area contributed by atoms with Gasteiger partial charge < -0.3 is 0 Å². The van der Waals surface area contributed by atoms with Gasteiger partial charge in [-0.05, 0) is 81.3 Å². The lowest BCUT2D eigenvalue weighted by atomic mass is 10.0. The molecule has 0 spiro atoms. The third-order valence-corrected chi connectivity index (χ3v) is 4.82. The van der Waals surface area contributed by atoms with Crippen LogP contribution in [0.3, 0.4) is 0 Å². The van der Waals surface area contributed by atoms with Gasteiger partial charge in [-0.15, -0.1) is 0 Å². The predicted molar refractivity (Wildman–Crippen MR) is 70.6 cm³/mol. The Morgan fingerprint density at radius 3 is 1.50 bits per heavy atom. The number of halogens is 2.